The van der Waals surface area contributed by atoms with Crippen molar-refractivity contribution in [1.29, 1.82) is 0 Å². The number of rotatable bonds is 63. The van der Waals surface area contributed by atoms with E-state index in [-0.39, 0.29) is 18.5 Å². The zero-order chi connectivity index (χ0) is 60.9. The van der Waals surface area contributed by atoms with Gasteiger partial charge in [-0.1, -0.05) is 300 Å². The van der Waals surface area contributed by atoms with Crippen LogP contribution in [0.15, 0.2) is 48.6 Å². The van der Waals surface area contributed by atoms with Gasteiger partial charge in [-0.2, -0.15) is 0 Å². The van der Waals surface area contributed by atoms with E-state index in [0.717, 1.165) is 57.8 Å². The molecule has 84 heavy (non-hydrogen) atoms. The van der Waals surface area contributed by atoms with Crippen molar-refractivity contribution in [2.45, 2.75) is 384 Å². The summed E-state index contributed by atoms with van der Waals surface area (Å²) in [5, 5.41) is 54.2. The van der Waals surface area contributed by atoms with Crippen LogP contribution in [0.2, 0.25) is 0 Å². The molecule has 492 valence electrons. The molecule has 7 atom stereocenters. The summed E-state index contributed by atoms with van der Waals surface area (Å²) < 4.78 is 16.7. The van der Waals surface area contributed by atoms with E-state index >= 15 is 0 Å². The van der Waals surface area contributed by atoms with E-state index in [1.807, 2.05) is 6.08 Å². The van der Waals surface area contributed by atoms with Gasteiger partial charge in [0.25, 0.3) is 0 Å². The maximum atomic E-state index is 13.0. The van der Waals surface area contributed by atoms with Crippen LogP contribution in [-0.2, 0) is 23.8 Å². The third kappa shape index (κ3) is 50.6. The quantitative estimate of drug-likeness (QED) is 0.0195. The van der Waals surface area contributed by atoms with Crippen molar-refractivity contribution in [3.05, 3.63) is 48.6 Å². The average molecular weight is 1190 g/mol. The third-order valence-corrected chi connectivity index (χ3v) is 16.9. The summed E-state index contributed by atoms with van der Waals surface area (Å²) in [5.74, 6) is -0.181. The van der Waals surface area contributed by atoms with Gasteiger partial charge in [0.15, 0.2) is 6.29 Å². The molecule has 1 amide bonds. The summed E-state index contributed by atoms with van der Waals surface area (Å²) in [6.07, 6.45) is 71.4. The van der Waals surface area contributed by atoms with Crippen LogP contribution in [-0.4, -0.2) is 100 Å². The molecule has 0 spiro atoms. The van der Waals surface area contributed by atoms with E-state index in [1.165, 1.54) is 257 Å². The number of unbranched alkanes of at least 4 members (excludes halogenated alkanes) is 43. The molecule has 11 nitrogen and oxygen atoms in total. The molecule has 11 heteroatoms. The molecule has 0 aromatic heterocycles. The van der Waals surface area contributed by atoms with Gasteiger partial charge in [0.1, 0.15) is 24.4 Å². The van der Waals surface area contributed by atoms with Crippen molar-refractivity contribution in [3.8, 4) is 0 Å². The number of allylic oxidation sites excluding steroid dienone is 7. The Morgan fingerprint density at radius 2 is 0.810 bits per heavy atom. The molecule has 0 aromatic rings. The molecule has 0 radical (unpaired) electrons. The second-order valence-corrected chi connectivity index (χ2v) is 24.9. The largest absolute Gasteiger partial charge is 0.466 e. The van der Waals surface area contributed by atoms with Crippen molar-refractivity contribution in [2.75, 3.05) is 19.8 Å². The van der Waals surface area contributed by atoms with Crippen LogP contribution in [0.25, 0.3) is 0 Å². The summed E-state index contributed by atoms with van der Waals surface area (Å²) in [6.45, 7) is 4.30. The lowest BCUT2D eigenvalue weighted by molar-refractivity contribution is -0.302. The summed E-state index contributed by atoms with van der Waals surface area (Å²) >= 11 is 0. The van der Waals surface area contributed by atoms with E-state index in [2.05, 4.69) is 55.6 Å². The minimum absolute atomic E-state index is 0.0106. The number of aliphatic hydroxyl groups excluding tert-OH is 5. The zero-order valence-corrected chi connectivity index (χ0v) is 54.6. The van der Waals surface area contributed by atoms with Gasteiger partial charge in [0, 0.05) is 12.8 Å². The topological polar surface area (TPSA) is 175 Å². The summed E-state index contributed by atoms with van der Waals surface area (Å²) in [6, 6.07) is -0.825. The Morgan fingerprint density at radius 3 is 1.27 bits per heavy atom. The van der Waals surface area contributed by atoms with Gasteiger partial charge in [0.2, 0.25) is 5.91 Å². The number of amides is 1. The Hall–Kier alpha value is -2.38. The van der Waals surface area contributed by atoms with E-state index in [4.69, 9.17) is 14.2 Å². The van der Waals surface area contributed by atoms with Crippen LogP contribution in [0.1, 0.15) is 341 Å². The summed E-state index contributed by atoms with van der Waals surface area (Å²) in [4.78, 5) is 25.0. The highest BCUT2D eigenvalue weighted by Gasteiger charge is 2.44. The Kier molecular flexibility index (Phi) is 59.0. The van der Waals surface area contributed by atoms with Crippen molar-refractivity contribution in [2.24, 2.45) is 0 Å². The highest BCUT2D eigenvalue weighted by atomic mass is 16.7. The van der Waals surface area contributed by atoms with Crippen LogP contribution >= 0.6 is 0 Å². The van der Waals surface area contributed by atoms with Crippen molar-refractivity contribution in [1.82, 2.24) is 5.32 Å². The second kappa shape index (κ2) is 62.2. The van der Waals surface area contributed by atoms with Gasteiger partial charge >= 0.3 is 5.97 Å². The fourth-order valence-corrected chi connectivity index (χ4v) is 11.2. The number of hydrogen-bond donors (Lipinski definition) is 6. The molecule has 0 aliphatic carbocycles. The maximum absolute atomic E-state index is 13.0. The number of esters is 1. The van der Waals surface area contributed by atoms with Gasteiger partial charge in [-0.25, -0.2) is 0 Å². The Labute approximate surface area is 516 Å². The maximum Gasteiger partial charge on any atom is 0.305 e. The Bertz CT molecular complexity index is 1530. The number of carbonyl (C=O) groups excluding carboxylic acids is 2. The van der Waals surface area contributed by atoms with Gasteiger partial charge in [0.05, 0.1) is 32.0 Å². The average Bonchev–Trinajstić information content (AvgIpc) is 3.23. The van der Waals surface area contributed by atoms with E-state index in [1.54, 1.807) is 6.08 Å². The molecule has 1 fully saturated rings. The molecular formula is C73H135NO10. The smallest absolute Gasteiger partial charge is 0.305 e. The third-order valence-electron chi connectivity index (χ3n) is 16.9. The van der Waals surface area contributed by atoms with E-state index in [9.17, 15) is 35.1 Å². The number of hydrogen-bond acceptors (Lipinski definition) is 10. The highest BCUT2D eigenvalue weighted by Crippen LogP contribution is 2.23. The van der Waals surface area contributed by atoms with Crippen LogP contribution in [0, 0.1) is 0 Å². The lowest BCUT2D eigenvalue weighted by atomic mass is 9.99. The van der Waals surface area contributed by atoms with E-state index < -0.39 is 49.5 Å². The molecule has 0 aromatic carbocycles. The van der Waals surface area contributed by atoms with Gasteiger partial charge in [-0.05, 0) is 77.0 Å². The molecule has 1 aliphatic heterocycles. The molecule has 1 heterocycles. The minimum Gasteiger partial charge on any atom is -0.466 e. The molecular weight excluding hydrogens is 1050 g/mol. The molecule has 1 aliphatic rings. The SMILES string of the molecule is CCCCC/C=C/CC/C=C/C(O)C(COC1OC(CO)C(O)C(O)C1O)NC(=O)CCCCCCCCCCCCCCCCCCC/C=C\C/C=C\CCCCCCCCCCCCCOC(=O)CCCCCCCCCCCCCC. The van der Waals surface area contributed by atoms with Gasteiger partial charge in [-0.3, -0.25) is 9.59 Å². The van der Waals surface area contributed by atoms with Gasteiger partial charge in [-0.15, -0.1) is 0 Å². The van der Waals surface area contributed by atoms with Crippen molar-refractivity contribution < 1.29 is 49.3 Å². The summed E-state index contributed by atoms with van der Waals surface area (Å²) in [5.41, 5.74) is 0. The lowest BCUT2D eigenvalue weighted by Crippen LogP contribution is -2.60. The fraction of sp³-hybridized carbons (Fsp3) is 0.863. The standard InChI is InChI=1S/C73H135NO10/c1-3-5-7-9-11-13-14-41-45-49-53-57-61-69(78)82-62-58-54-50-46-42-39-37-35-33-31-29-27-25-23-21-19-17-15-16-18-20-22-24-26-28-30-32-34-36-38-40-44-48-52-56-60-68(77)74-65(66(76)59-55-51-47-43-12-10-8-6-4-2)64-83-73-72(81)71(80)70(79)67(63-75)84-73/h12,17,19,23,25,43,55,59,65-67,70-73,75-76,79-81H,3-11,13-16,18,20-22,24,26-42,44-54,56-58,60-64H2,1-2H3,(H,74,77)/b19-17-,25-23-,43-12+,59-55+. The highest BCUT2D eigenvalue weighted by molar-refractivity contribution is 5.76. The van der Waals surface area contributed by atoms with Crippen LogP contribution in [0.5, 0.6) is 0 Å². The summed E-state index contributed by atoms with van der Waals surface area (Å²) in [7, 11) is 0. The van der Waals surface area contributed by atoms with Crippen molar-refractivity contribution in [3.63, 3.8) is 0 Å². The lowest BCUT2D eigenvalue weighted by Gasteiger charge is -2.40. The molecule has 1 saturated heterocycles. The number of aliphatic hydroxyl groups is 5. The number of nitrogens with one attached hydrogen (secondary N) is 1. The number of ether oxygens (including phenoxy) is 3. The van der Waals surface area contributed by atoms with E-state index in [0.29, 0.717) is 19.4 Å². The Balaban J connectivity index is 1.91. The molecule has 0 bridgehead atoms. The Morgan fingerprint density at radius 1 is 0.440 bits per heavy atom. The molecule has 1 rings (SSSR count). The first-order chi connectivity index (χ1) is 41.2. The molecule has 7 unspecified atom stereocenters. The molecule has 0 saturated carbocycles. The predicted molar refractivity (Wildman–Crippen MR) is 352 cm³/mol. The fourth-order valence-electron chi connectivity index (χ4n) is 11.2. The first-order valence-electron chi connectivity index (χ1n) is 35.9. The molecule has 6 N–H and O–H groups in total. The van der Waals surface area contributed by atoms with Gasteiger partial charge < -0.3 is 45.1 Å². The van der Waals surface area contributed by atoms with Crippen LogP contribution in [0.4, 0.5) is 0 Å². The number of carbonyl (C=O) groups is 2. The zero-order valence-electron chi connectivity index (χ0n) is 54.6. The first kappa shape index (κ1) is 79.6. The first-order valence-corrected chi connectivity index (χ1v) is 35.9. The normalized spacial score (nSPS) is 18.3. The monoisotopic (exact) mass is 1190 g/mol. The second-order valence-electron chi connectivity index (χ2n) is 24.9. The minimum atomic E-state index is -1.57. The van der Waals surface area contributed by atoms with Crippen molar-refractivity contribution >= 4 is 11.9 Å². The van der Waals surface area contributed by atoms with Crippen LogP contribution < -0.4 is 5.32 Å². The van der Waals surface area contributed by atoms with Crippen LogP contribution in [0.3, 0.4) is 0 Å². The predicted octanol–water partition coefficient (Wildman–Crippen LogP) is 18.4.